The van der Waals surface area contributed by atoms with E-state index in [2.05, 4.69) is 0 Å². The summed E-state index contributed by atoms with van der Waals surface area (Å²) in [7, 11) is 1.44. The van der Waals surface area contributed by atoms with Crippen molar-refractivity contribution in [2.45, 2.75) is 6.92 Å². The number of aldehydes is 1. The lowest BCUT2D eigenvalue weighted by Crippen LogP contribution is -1.93. The van der Waals surface area contributed by atoms with Crippen LogP contribution in [0.5, 0.6) is 17.2 Å². The predicted octanol–water partition coefficient (Wildman–Crippen LogP) is 3.28. The number of rotatable bonds is 5. The zero-order chi connectivity index (χ0) is 14.5. The molecule has 0 saturated heterocycles. The van der Waals surface area contributed by atoms with Crippen LogP contribution in [0.4, 0.5) is 0 Å². The molecule has 2 aromatic carbocycles. The van der Waals surface area contributed by atoms with E-state index in [0.717, 1.165) is 11.3 Å². The molecule has 104 valence electrons. The maximum Gasteiger partial charge on any atom is 0.169 e. The molecule has 0 aliphatic rings. The molecule has 0 atom stereocenters. The van der Waals surface area contributed by atoms with Crippen molar-refractivity contribution in [3.05, 3.63) is 42.0 Å². The summed E-state index contributed by atoms with van der Waals surface area (Å²) in [6.45, 7) is 2.52. The van der Waals surface area contributed by atoms with Crippen LogP contribution in [0, 0.1) is 0 Å². The van der Waals surface area contributed by atoms with Gasteiger partial charge in [-0.2, -0.15) is 0 Å². The van der Waals surface area contributed by atoms with E-state index in [1.165, 1.54) is 7.11 Å². The van der Waals surface area contributed by atoms with Crippen LogP contribution in [0.3, 0.4) is 0 Å². The second-order valence-corrected chi connectivity index (χ2v) is 4.15. The number of phenols is 1. The summed E-state index contributed by atoms with van der Waals surface area (Å²) in [6, 6.07) is 10.7. The van der Waals surface area contributed by atoms with Crippen molar-refractivity contribution in [3.63, 3.8) is 0 Å². The van der Waals surface area contributed by atoms with Crippen LogP contribution in [0.1, 0.15) is 17.3 Å². The molecule has 0 amide bonds. The zero-order valence-electron chi connectivity index (χ0n) is 11.4. The van der Waals surface area contributed by atoms with Crippen molar-refractivity contribution < 1.29 is 19.4 Å². The predicted molar refractivity (Wildman–Crippen MR) is 76.7 cm³/mol. The Hall–Kier alpha value is -2.49. The van der Waals surface area contributed by atoms with E-state index in [1.807, 2.05) is 31.2 Å². The van der Waals surface area contributed by atoms with Gasteiger partial charge in [-0.3, -0.25) is 4.79 Å². The SMILES string of the molecule is CCOc1ccc(-c2ccc(OC)c(O)c2C=O)cc1. The van der Waals surface area contributed by atoms with Gasteiger partial charge in [-0.1, -0.05) is 12.1 Å². The van der Waals surface area contributed by atoms with Crippen LogP contribution in [-0.2, 0) is 0 Å². The topological polar surface area (TPSA) is 55.8 Å². The van der Waals surface area contributed by atoms with Gasteiger partial charge in [-0.05, 0) is 42.3 Å². The van der Waals surface area contributed by atoms with Gasteiger partial charge in [-0.15, -0.1) is 0 Å². The summed E-state index contributed by atoms with van der Waals surface area (Å²) in [5.74, 6) is 0.900. The zero-order valence-corrected chi connectivity index (χ0v) is 11.4. The third kappa shape index (κ3) is 2.59. The molecule has 0 aliphatic carbocycles. The Balaban J connectivity index is 2.46. The number of carbonyl (C=O) groups is 1. The van der Waals surface area contributed by atoms with E-state index in [1.54, 1.807) is 12.1 Å². The molecule has 4 nitrogen and oxygen atoms in total. The first-order valence-corrected chi connectivity index (χ1v) is 6.29. The normalized spacial score (nSPS) is 10.1. The molecular formula is C16H16O4. The molecule has 2 rings (SSSR count). The van der Waals surface area contributed by atoms with Gasteiger partial charge in [0.15, 0.2) is 17.8 Å². The fourth-order valence-electron chi connectivity index (χ4n) is 2.02. The molecule has 0 radical (unpaired) electrons. The molecule has 0 heterocycles. The first-order chi connectivity index (χ1) is 9.71. The van der Waals surface area contributed by atoms with Crippen molar-refractivity contribution in [3.8, 4) is 28.4 Å². The van der Waals surface area contributed by atoms with Crippen molar-refractivity contribution in [1.82, 2.24) is 0 Å². The number of carbonyl (C=O) groups excluding carboxylic acids is 1. The number of methoxy groups -OCH3 is 1. The molecule has 0 aromatic heterocycles. The maximum atomic E-state index is 11.2. The van der Waals surface area contributed by atoms with Crippen molar-refractivity contribution in [2.75, 3.05) is 13.7 Å². The van der Waals surface area contributed by atoms with Gasteiger partial charge < -0.3 is 14.6 Å². The fourth-order valence-corrected chi connectivity index (χ4v) is 2.02. The molecule has 20 heavy (non-hydrogen) atoms. The fraction of sp³-hybridized carbons (Fsp3) is 0.188. The lowest BCUT2D eigenvalue weighted by molar-refractivity contribution is 0.112. The third-order valence-electron chi connectivity index (χ3n) is 2.99. The van der Waals surface area contributed by atoms with Crippen LogP contribution < -0.4 is 9.47 Å². The summed E-state index contributed by atoms with van der Waals surface area (Å²) in [4.78, 5) is 11.2. The first kappa shape index (κ1) is 13.9. The van der Waals surface area contributed by atoms with Crippen molar-refractivity contribution in [2.24, 2.45) is 0 Å². The van der Waals surface area contributed by atoms with Crippen LogP contribution in [-0.4, -0.2) is 25.1 Å². The van der Waals surface area contributed by atoms with Gasteiger partial charge in [0.2, 0.25) is 0 Å². The minimum Gasteiger partial charge on any atom is -0.504 e. The van der Waals surface area contributed by atoms with E-state index in [4.69, 9.17) is 9.47 Å². The van der Waals surface area contributed by atoms with E-state index in [9.17, 15) is 9.90 Å². The molecule has 0 bridgehead atoms. The Bertz CT molecular complexity index is 603. The monoisotopic (exact) mass is 272 g/mol. The van der Waals surface area contributed by atoms with Crippen molar-refractivity contribution in [1.29, 1.82) is 0 Å². The highest BCUT2D eigenvalue weighted by Gasteiger charge is 2.13. The molecule has 0 saturated carbocycles. The van der Waals surface area contributed by atoms with Crippen LogP contribution in [0.2, 0.25) is 0 Å². The summed E-state index contributed by atoms with van der Waals surface area (Å²) in [5.41, 5.74) is 1.70. The number of hydrogen-bond donors (Lipinski definition) is 1. The van der Waals surface area contributed by atoms with Crippen LogP contribution in [0.15, 0.2) is 36.4 Å². The summed E-state index contributed by atoms with van der Waals surface area (Å²) in [6.07, 6.45) is 0.629. The second kappa shape index (κ2) is 6.10. The number of hydrogen-bond acceptors (Lipinski definition) is 4. The highest BCUT2D eigenvalue weighted by Crippen LogP contribution is 2.36. The highest BCUT2D eigenvalue weighted by molar-refractivity contribution is 5.92. The van der Waals surface area contributed by atoms with Crippen LogP contribution >= 0.6 is 0 Å². The van der Waals surface area contributed by atoms with Crippen molar-refractivity contribution >= 4 is 6.29 Å². The van der Waals surface area contributed by atoms with E-state index in [0.29, 0.717) is 18.5 Å². The molecule has 0 unspecified atom stereocenters. The number of aromatic hydroxyl groups is 1. The van der Waals surface area contributed by atoms with E-state index < -0.39 is 0 Å². The van der Waals surface area contributed by atoms with Gasteiger partial charge in [0, 0.05) is 0 Å². The first-order valence-electron chi connectivity index (χ1n) is 6.29. The Morgan fingerprint density at radius 1 is 1.15 bits per heavy atom. The molecule has 4 heteroatoms. The molecule has 2 aromatic rings. The summed E-state index contributed by atoms with van der Waals surface area (Å²) < 4.78 is 10.4. The van der Waals surface area contributed by atoms with Crippen LogP contribution in [0.25, 0.3) is 11.1 Å². The molecule has 0 spiro atoms. The average molecular weight is 272 g/mol. The van der Waals surface area contributed by atoms with Gasteiger partial charge in [0.05, 0.1) is 19.3 Å². The Morgan fingerprint density at radius 3 is 2.40 bits per heavy atom. The quantitative estimate of drug-likeness (QED) is 0.849. The Labute approximate surface area is 117 Å². The maximum absolute atomic E-state index is 11.2. The minimum atomic E-state index is -0.145. The molecule has 1 N–H and O–H groups in total. The van der Waals surface area contributed by atoms with Gasteiger partial charge in [-0.25, -0.2) is 0 Å². The molecular weight excluding hydrogens is 256 g/mol. The smallest absolute Gasteiger partial charge is 0.169 e. The summed E-state index contributed by atoms with van der Waals surface area (Å²) in [5, 5.41) is 9.99. The number of ether oxygens (including phenoxy) is 2. The largest absolute Gasteiger partial charge is 0.504 e. The summed E-state index contributed by atoms with van der Waals surface area (Å²) >= 11 is 0. The standard InChI is InChI=1S/C16H16O4/c1-3-20-12-6-4-11(5-7-12)13-8-9-15(19-2)16(18)14(13)10-17/h4-10,18H,3H2,1-2H3. The lowest BCUT2D eigenvalue weighted by Gasteiger charge is -2.11. The highest BCUT2D eigenvalue weighted by atomic mass is 16.5. The minimum absolute atomic E-state index is 0.145. The second-order valence-electron chi connectivity index (χ2n) is 4.15. The number of benzene rings is 2. The lowest BCUT2D eigenvalue weighted by atomic mass is 9.99. The van der Waals surface area contributed by atoms with Gasteiger partial charge in [0.25, 0.3) is 0 Å². The molecule has 0 fully saturated rings. The Morgan fingerprint density at radius 2 is 1.85 bits per heavy atom. The third-order valence-corrected chi connectivity index (χ3v) is 2.99. The van der Waals surface area contributed by atoms with E-state index in [-0.39, 0.29) is 17.1 Å². The van der Waals surface area contributed by atoms with Gasteiger partial charge in [0.1, 0.15) is 5.75 Å². The average Bonchev–Trinajstić information content (AvgIpc) is 2.48. The molecule has 0 aliphatic heterocycles. The van der Waals surface area contributed by atoms with E-state index >= 15 is 0 Å². The van der Waals surface area contributed by atoms with Gasteiger partial charge >= 0.3 is 0 Å². The Kier molecular flexibility index (Phi) is 4.25. The number of phenolic OH excluding ortho intramolecular Hbond substituents is 1.